The molecule has 0 unspecified atom stereocenters. The Kier molecular flexibility index (Phi) is 4.26. The van der Waals surface area contributed by atoms with Gasteiger partial charge < -0.3 is 5.32 Å². The molecule has 21 heavy (non-hydrogen) atoms. The van der Waals surface area contributed by atoms with E-state index in [-0.39, 0.29) is 11.3 Å². The predicted octanol–water partition coefficient (Wildman–Crippen LogP) is 3.67. The molecular formula is C17H21N3O. The zero-order chi connectivity index (χ0) is 15.5. The minimum atomic E-state index is -0.192. The summed E-state index contributed by atoms with van der Waals surface area (Å²) in [5.41, 5.74) is 3.16. The van der Waals surface area contributed by atoms with Crippen LogP contribution in [0.3, 0.4) is 0 Å². The quantitative estimate of drug-likeness (QED) is 0.844. The summed E-state index contributed by atoms with van der Waals surface area (Å²) in [7, 11) is 0. The molecule has 0 atom stereocenters. The molecule has 0 fully saturated rings. The largest absolute Gasteiger partial charge is 0.306 e. The number of benzene rings is 1. The number of nitrogens with zero attached hydrogens (tertiary/aromatic N) is 1. The van der Waals surface area contributed by atoms with Crippen LogP contribution >= 0.6 is 0 Å². The number of nitrogens with one attached hydrogen (secondary N) is 2. The van der Waals surface area contributed by atoms with Gasteiger partial charge in [-0.3, -0.25) is 9.89 Å². The number of rotatable bonds is 3. The summed E-state index contributed by atoms with van der Waals surface area (Å²) in [6, 6.07) is 9.84. The van der Waals surface area contributed by atoms with Gasteiger partial charge in [0.15, 0.2) is 5.82 Å². The van der Waals surface area contributed by atoms with E-state index in [1.165, 1.54) is 11.6 Å². The van der Waals surface area contributed by atoms with Crippen molar-refractivity contribution in [1.82, 2.24) is 10.2 Å². The first-order chi connectivity index (χ1) is 9.84. The van der Waals surface area contributed by atoms with Crippen molar-refractivity contribution >= 4 is 17.8 Å². The molecule has 1 amide bonds. The fourth-order valence-corrected chi connectivity index (χ4v) is 1.79. The van der Waals surface area contributed by atoms with Crippen LogP contribution in [0.2, 0.25) is 0 Å². The Bertz CT molecular complexity index is 645. The Morgan fingerprint density at radius 2 is 1.90 bits per heavy atom. The van der Waals surface area contributed by atoms with E-state index < -0.39 is 0 Å². The summed E-state index contributed by atoms with van der Waals surface area (Å²) in [6.07, 6.45) is 3.29. The van der Waals surface area contributed by atoms with Crippen molar-refractivity contribution in [2.75, 3.05) is 5.32 Å². The second-order valence-corrected chi connectivity index (χ2v) is 6.15. The average molecular weight is 283 g/mol. The van der Waals surface area contributed by atoms with Gasteiger partial charge in [0, 0.05) is 23.3 Å². The molecule has 0 aliphatic heterocycles. The number of hydrogen-bond acceptors (Lipinski definition) is 2. The molecule has 110 valence electrons. The summed E-state index contributed by atoms with van der Waals surface area (Å²) in [4.78, 5) is 11.9. The Morgan fingerprint density at radius 1 is 1.24 bits per heavy atom. The fourth-order valence-electron chi connectivity index (χ4n) is 1.79. The van der Waals surface area contributed by atoms with E-state index in [2.05, 4.69) is 36.3 Å². The zero-order valence-electron chi connectivity index (χ0n) is 12.9. The van der Waals surface area contributed by atoms with E-state index in [9.17, 15) is 4.79 Å². The van der Waals surface area contributed by atoms with Crippen molar-refractivity contribution in [2.24, 2.45) is 0 Å². The van der Waals surface area contributed by atoms with Crippen molar-refractivity contribution < 1.29 is 4.79 Å². The molecule has 0 saturated heterocycles. The van der Waals surface area contributed by atoms with Crippen LogP contribution in [0.15, 0.2) is 36.4 Å². The highest BCUT2D eigenvalue weighted by atomic mass is 16.1. The van der Waals surface area contributed by atoms with E-state index in [1.807, 2.05) is 37.3 Å². The van der Waals surface area contributed by atoms with Gasteiger partial charge in [-0.1, -0.05) is 50.6 Å². The van der Waals surface area contributed by atoms with Crippen molar-refractivity contribution in [3.8, 4) is 0 Å². The van der Waals surface area contributed by atoms with Gasteiger partial charge in [0.1, 0.15) is 0 Å². The molecule has 1 aromatic heterocycles. The van der Waals surface area contributed by atoms with E-state index in [4.69, 9.17) is 0 Å². The summed E-state index contributed by atoms with van der Waals surface area (Å²) in [5, 5.41) is 9.79. The first-order valence-corrected chi connectivity index (χ1v) is 6.96. The van der Waals surface area contributed by atoms with Gasteiger partial charge in [0.2, 0.25) is 5.91 Å². The maximum atomic E-state index is 11.9. The van der Waals surface area contributed by atoms with Gasteiger partial charge in [-0.15, -0.1) is 0 Å². The number of carbonyl (C=O) groups is 1. The van der Waals surface area contributed by atoms with Crippen LogP contribution in [0.4, 0.5) is 5.82 Å². The number of carbonyl (C=O) groups excluding carboxylic acids is 1. The van der Waals surface area contributed by atoms with Crippen molar-refractivity contribution in [1.29, 1.82) is 0 Å². The molecule has 0 spiro atoms. The number of aromatic nitrogens is 2. The molecule has 0 radical (unpaired) electrons. The number of anilines is 1. The smallest absolute Gasteiger partial charge is 0.249 e. The van der Waals surface area contributed by atoms with Crippen molar-refractivity contribution in [2.45, 2.75) is 33.1 Å². The van der Waals surface area contributed by atoms with Crippen molar-refractivity contribution in [3.63, 3.8) is 0 Å². The molecule has 4 nitrogen and oxygen atoms in total. The number of aromatic amines is 1. The van der Waals surface area contributed by atoms with Gasteiger partial charge in [0.25, 0.3) is 0 Å². The Morgan fingerprint density at radius 3 is 2.48 bits per heavy atom. The third kappa shape index (κ3) is 4.31. The van der Waals surface area contributed by atoms with Crippen molar-refractivity contribution in [3.05, 3.63) is 53.2 Å². The maximum Gasteiger partial charge on any atom is 0.249 e. The monoisotopic (exact) mass is 283 g/mol. The van der Waals surface area contributed by atoms with Gasteiger partial charge in [0.05, 0.1) is 0 Å². The number of hydrogen-bond donors (Lipinski definition) is 2. The maximum absolute atomic E-state index is 11.9. The Balaban J connectivity index is 1.98. The molecule has 2 aromatic rings. The lowest BCUT2D eigenvalue weighted by atomic mass is 9.92. The molecule has 1 heterocycles. The van der Waals surface area contributed by atoms with E-state index >= 15 is 0 Å². The van der Waals surface area contributed by atoms with Crippen LogP contribution in [0.1, 0.15) is 37.6 Å². The molecule has 1 aromatic carbocycles. The standard InChI is InChI=1S/C17H21N3O/c1-12-5-7-13(8-6-12)9-10-16(21)18-15-11-14(19-20-15)17(2,3)4/h5-11H,1-4H3,(H2,18,19,20,21)/b10-9+. The molecule has 2 rings (SSSR count). The minimum absolute atomic E-state index is 0.0201. The fraction of sp³-hybridized carbons (Fsp3) is 0.294. The van der Waals surface area contributed by atoms with Crippen LogP contribution in [0.5, 0.6) is 0 Å². The number of H-pyrrole nitrogens is 1. The summed E-state index contributed by atoms with van der Waals surface area (Å²) in [6.45, 7) is 8.29. The Hall–Kier alpha value is -2.36. The molecule has 0 aliphatic rings. The van der Waals surface area contributed by atoms with Gasteiger partial charge in [-0.25, -0.2) is 0 Å². The number of aryl methyl sites for hydroxylation is 1. The van der Waals surface area contributed by atoms with Crippen LogP contribution in [-0.4, -0.2) is 16.1 Å². The topological polar surface area (TPSA) is 57.8 Å². The summed E-state index contributed by atoms with van der Waals surface area (Å²) < 4.78 is 0. The molecule has 0 bridgehead atoms. The van der Waals surface area contributed by atoms with Crippen LogP contribution in [0.25, 0.3) is 6.08 Å². The van der Waals surface area contributed by atoms with Crippen LogP contribution < -0.4 is 5.32 Å². The highest BCUT2D eigenvalue weighted by Crippen LogP contribution is 2.21. The number of amides is 1. The molecule has 0 aliphatic carbocycles. The van der Waals surface area contributed by atoms with Gasteiger partial charge in [-0.05, 0) is 18.6 Å². The summed E-state index contributed by atoms with van der Waals surface area (Å²) >= 11 is 0. The van der Waals surface area contributed by atoms with Gasteiger partial charge in [-0.2, -0.15) is 5.10 Å². The second-order valence-electron chi connectivity index (χ2n) is 6.15. The van der Waals surface area contributed by atoms with Crippen LogP contribution in [0, 0.1) is 6.92 Å². The lowest BCUT2D eigenvalue weighted by molar-refractivity contribution is -0.111. The average Bonchev–Trinajstić information content (AvgIpc) is 2.86. The van der Waals surface area contributed by atoms with Crippen LogP contribution in [-0.2, 0) is 10.2 Å². The predicted molar refractivity (Wildman–Crippen MR) is 86.1 cm³/mol. The highest BCUT2D eigenvalue weighted by Gasteiger charge is 2.16. The highest BCUT2D eigenvalue weighted by molar-refractivity contribution is 6.01. The third-order valence-corrected chi connectivity index (χ3v) is 3.14. The molecule has 2 N–H and O–H groups in total. The van der Waals surface area contributed by atoms with E-state index in [0.717, 1.165) is 11.3 Å². The molecular weight excluding hydrogens is 262 g/mol. The normalized spacial score (nSPS) is 11.8. The third-order valence-electron chi connectivity index (χ3n) is 3.14. The SMILES string of the molecule is Cc1ccc(/C=C/C(=O)Nc2cc(C(C)(C)C)[nH]n2)cc1. The van der Waals surface area contributed by atoms with E-state index in [1.54, 1.807) is 6.08 Å². The zero-order valence-corrected chi connectivity index (χ0v) is 12.9. The van der Waals surface area contributed by atoms with E-state index in [0.29, 0.717) is 5.82 Å². The Labute approximate surface area is 125 Å². The van der Waals surface area contributed by atoms with Gasteiger partial charge >= 0.3 is 0 Å². The lowest BCUT2D eigenvalue weighted by Gasteiger charge is -2.14. The molecule has 4 heteroatoms. The second kappa shape index (κ2) is 5.95. The lowest BCUT2D eigenvalue weighted by Crippen LogP contribution is -2.11. The minimum Gasteiger partial charge on any atom is -0.306 e. The summed E-state index contributed by atoms with van der Waals surface area (Å²) in [5.74, 6) is 0.348. The molecule has 0 saturated carbocycles. The first kappa shape index (κ1) is 15.0. The first-order valence-electron chi connectivity index (χ1n) is 6.96.